The van der Waals surface area contributed by atoms with Crippen molar-refractivity contribution in [1.29, 1.82) is 5.41 Å². The summed E-state index contributed by atoms with van der Waals surface area (Å²) in [5.41, 5.74) is 11.0. The fourth-order valence-corrected chi connectivity index (χ4v) is 4.57. The second kappa shape index (κ2) is 10.3. The van der Waals surface area contributed by atoms with Gasteiger partial charge >= 0.3 is 0 Å². The fourth-order valence-electron chi connectivity index (χ4n) is 4.57. The van der Waals surface area contributed by atoms with Crippen molar-refractivity contribution in [2.45, 2.75) is 12.6 Å². The van der Waals surface area contributed by atoms with Crippen LogP contribution in [0.25, 0.3) is 0 Å². The predicted octanol–water partition coefficient (Wildman–Crippen LogP) is 3.14. The number of nitrogens with zero attached hydrogens (tertiary/aromatic N) is 2. The van der Waals surface area contributed by atoms with Gasteiger partial charge in [0.05, 0.1) is 25.0 Å². The molecular weight excluding hydrogens is 438 g/mol. The van der Waals surface area contributed by atoms with Crippen LogP contribution >= 0.6 is 0 Å². The number of hydrogen-bond acceptors (Lipinski definition) is 6. The van der Waals surface area contributed by atoms with Gasteiger partial charge in [-0.25, -0.2) is 0 Å². The number of nitrogen functional groups attached to an aromatic ring is 1. The molecule has 2 fully saturated rings. The van der Waals surface area contributed by atoms with Gasteiger partial charge in [-0.2, -0.15) is 0 Å². The van der Waals surface area contributed by atoms with Crippen LogP contribution in [0.1, 0.15) is 27.0 Å². The quantitative estimate of drug-likeness (QED) is 0.365. The molecule has 0 aromatic heterocycles. The molecule has 3 aromatic carbocycles. The summed E-state index contributed by atoms with van der Waals surface area (Å²) in [4.78, 5) is 17.6. The van der Waals surface area contributed by atoms with Crippen LogP contribution in [0.4, 0.5) is 11.4 Å². The number of carbonyl (C=O) groups is 1. The second-order valence-electron chi connectivity index (χ2n) is 9.11. The van der Waals surface area contributed by atoms with Gasteiger partial charge in [0.25, 0.3) is 5.91 Å². The van der Waals surface area contributed by atoms with Crippen LogP contribution in [0.2, 0.25) is 0 Å². The molecular formula is C28H31N5O2. The highest BCUT2D eigenvalue weighted by atomic mass is 16.5. The van der Waals surface area contributed by atoms with Gasteiger partial charge in [0.2, 0.25) is 0 Å². The summed E-state index contributed by atoms with van der Waals surface area (Å²) in [5.74, 6) is -0.189. The summed E-state index contributed by atoms with van der Waals surface area (Å²) >= 11 is 0. The molecule has 0 aliphatic carbocycles. The Kier molecular flexibility index (Phi) is 6.79. The number of nitrogens with one attached hydrogen (secondary N) is 2. The zero-order valence-electron chi connectivity index (χ0n) is 19.7. The van der Waals surface area contributed by atoms with E-state index in [0.29, 0.717) is 35.1 Å². The third-order valence-electron chi connectivity index (χ3n) is 6.85. The molecule has 1 amide bonds. The van der Waals surface area contributed by atoms with Crippen molar-refractivity contribution in [3.63, 3.8) is 0 Å². The Hall–Kier alpha value is -3.68. The molecule has 0 bridgehead atoms. The zero-order chi connectivity index (χ0) is 24.2. The van der Waals surface area contributed by atoms with Gasteiger partial charge in [-0.05, 0) is 35.9 Å². The van der Waals surface area contributed by atoms with Crippen LogP contribution in [0.15, 0.2) is 72.8 Å². The summed E-state index contributed by atoms with van der Waals surface area (Å²) in [6, 6.07) is 23.5. The maximum absolute atomic E-state index is 12.7. The minimum absolute atomic E-state index is 0.189. The fraction of sp³-hybridized carbons (Fsp3) is 0.286. The van der Waals surface area contributed by atoms with Crippen molar-refractivity contribution in [3.05, 3.63) is 95.1 Å². The van der Waals surface area contributed by atoms with Crippen LogP contribution in [-0.2, 0) is 11.3 Å². The molecule has 7 nitrogen and oxygen atoms in total. The van der Waals surface area contributed by atoms with Gasteiger partial charge < -0.3 is 20.7 Å². The third kappa shape index (κ3) is 5.21. The van der Waals surface area contributed by atoms with E-state index in [2.05, 4.69) is 27.2 Å². The van der Waals surface area contributed by atoms with E-state index in [1.165, 1.54) is 0 Å². The first kappa shape index (κ1) is 23.1. The minimum Gasteiger partial charge on any atom is -0.398 e. The third-order valence-corrected chi connectivity index (χ3v) is 6.85. The Morgan fingerprint density at radius 2 is 1.63 bits per heavy atom. The molecule has 2 heterocycles. The summed E-state index contributed by atoms with van der Waals surface area (Å²) in [6.07, 6.45) is 0. The van der Waals surface area contributed by atoms with Gasteiger partial charge in [0, 0.05) is 60.8 Å². The standard InChI is InChI=1S/C28H31N5O2/c29-26-11-8-22(28(34)31-17-20-4-2-1-3-5-20)16-25(26)27(30)21-6-9-23(10-7-21)32-12-14-33(15-13-32)24-18-35-19-24/h1-11,16,24,30H,12-15,17-19,29H2,(H,31,34). The molecule has 0 saturated carbocycles. The number of nitrogens with two attached hydrogens (primary N) is 1. The van der Waals surface area contributed by atoms with Crippen LogP contribution < -0.4 is 16.0 Å². The van der Waals surface area contributed by atoms with Crippen LogP contribution in [0, 0.1) is 5.41 Å². The van der Waals surface area contributed by atoms with E-state index in [9.17, 15) is 4.79 Å². The van der Waals surface area contributed by atoms with Crippen molar-refractivity contribution in [1.82, 2.24) is 10.2 Å². The first-order valence-electron chi connectivity index (χ1n) is 12.1. The van der Waals surface area contributed by atoms with Gasteiger partial charge in [-0.1, -0.05) is 42.5 Å². The van der Waals surface area contributed by atoms with Crippen molar-refractivity contribution in [3.8, 4) is 0 Å². The summed E-state index contributed by atoms with van der Waals surface area (Å²) in [6.45, 7) is 6.22. The maximum atomic E-state index is 12.7. The number of ether oxygens (including phenoxy) is 1. The van der Waals surface area contributed by atoms with E-state index in [1.807, 2.05) is 42.5 Å². The smallest absolute Gasteiger partial charge is 0.251 e. The van der Waals surface area contributed by atoms with Crippen molar-refractivity contribution < 1.29 is 9.53 Å². The topological polar surface area (TPSA) is 94.7 Å². The molecule has 0 spiro atoms. The average Bonchev–Trinajstić information content (AvgIpc) is 2.87. The summed E-state index contributed by atoms with van der Waals surface area (Å²) in [5, 5.41) is 11.7. The number of piperazine rings is 1. The molecule has 2 aliphatic heterocycles. The molecule has 0 atom stereocenters. The predicted molar refractivity (Wildman–Crippen MR) is 139 cm³/mol. The zero-order valence-corrected chi connectivity index (χ0v) is 19.7. The molecule has 180 valence electrons. The Bertz CT molecular complexity index is 1180. The molecule has 2 saturated heterocycles. The van der Waals surface area contributed by atoms with Crippen molar-refractivity contribution >= 4 is 23.0 Å². The number of amides is 1. The van der Waals surface area contributed by atoms with Gasteiger partial charge in [0.1, 0.15) is 0 Å². The molecule has 3 aromatic rings. The highest BCUT2D eigenvalue weighted by Gasteiger charge is 2.28. The Morgan fingerprint density at radius 1 is 0.943 bits per heavy atom. The largest absolute Gasteiger partial charge is 0.398 e. The second-order valence-corrected chi connectivity index (χ2v) is 9.11. The first-order chi connectivity index (χ1) is 17.1. The summed E-state index contributed by atoms with van der Waals surface area (Å²) < 4.78 is 5.32. The Morgan fingerprint density at radius 3 is 2.29 bits per heavy atom. The lowest BCUT2D eigenvalue weighted by molar-refractivity contribution is -0.0660. The maximum Gasteiger partial charge on any atom is 0.251 e. The average molecular weight is 470 g/mol. The van der Waals surface area contributed by atoms with E-state index >= 15 is 0 Å². The number of rotatable bonds is 7. The van der Waals surface area contributed by atoms with Crippen molar-refractivity contribution in [2.75, 3.05) is 50.0 Å². The highest BCUT2D eigenvalue weighted by molar-refractivity contribution is 6.15. The Balaban J connectivity index is 1.23. The number of anilines is 2. The van der Waals surface area contributed by atoms with E-state index in [0.717, 1.165) is 56.2 Å². The molecule has 0 unspecified atom stereocenters. The lowest BCUT2D eigenvalue weighted by Crippen LogP contribution is -2.56. The normalized spacial score (nSPS) is 16.5. The number of hydrogen-bond donors (Lipinski definition) is 3. The molecule has 2 aliphatic rings. The first-order valence-corrected chi connectivity index (χ1v) is 12.1. The lowest BCUT2D eigenvalue weighted by Gasteiger charge is -2.43. The van der Waals surface area contributed by atoms with E-state index < -0.39 is 0 Å². The minimum atomic E-state index is -0.189. The van der Waals surface area contributed by atoms with Gasteiger partial charge in [-0.15, -0.1) is 0 Å². The van der Waals surface area contributed by atoms with Crippen LogP contribution in [-0.4, -0.2) is 62.0 Å². The van der Waals surface area contributed by atoms with E-state index in [1.54, 1.807) is 18.2 Å². The number of carbonyl (C=O) groups excluding carboxylic acids is 1. The molecule has 7 heteroatoms. The van der Waals surface area contributed by atoms with Crippen molar-refractivity contribution in [2.24, 2.45) is 0 Å². The van der Waals surface area contributed by atoms with E-state index in [4.69, 9.17) is 15.9 Å². The summed E-state index contributed by atoms with van der Waals surface area (Å²) in [7, 11) is 0. The molecule has 4 N–H and O–H groups in total. The van der Waals surface area contributed by atoms with Crippen LogP contribution in [0.3, 0.4) is 0 Å². The van der Waals surface area contributed by atoms with E-state index in [-0.39, 0.29) is 5.91 Å². The van der Waals surface area contributed by atoms with Gasteiger partial charge in [-0.3, -0.25) is 15.1 Å². The molecule has 35 heavy (non-hydrogen) atoms. The number of benzene rings is 3. The lowest BCUT2D eigenvalue weighted by atomic mass is 9.98. The Labute approximate surface area is 206 Å². The monoisotopic (exact) mass is 469 g/mol. The van der Waals surface area contributed by atoms with Gasteiger partial charge in [0.15, 0.2) is 0 Å². The molecule has 0 radical (unpaired) electrons. The highest BCUT2D eigenvalue weighted by Crippen LogP contribution is 2.23. The van der Waals surface area contributed by atoms with Crippen LogP contribution in [0.5, 0.6) is 0 Å². The SMILES string of the molecule is N=C(c1ccc(N2CCN(C3COC3)CC2)cc1)c1cc(C(=O)NCc2ccccc2)ccc1N. The molecule has 5 rings (SSSR count).